The molecule has 32 heavy (non-hydrogen) atoms. The maximum absolute atomic E-state index is 13.5. The quantitative estimate of drug-likeness (QED) is 0.768. The number of hydrogen-bond donors (Lipinski definition) is 2. The van der Waals surface area contributed by atoms with Crippen molar-refractivity contribution in [2.45, 2.75) is 38.0 Å². The van der Waals surface area contributed by atoms with Crippen molar-refractivity contribution in [3.63, 3.8) is 0 Å². The summed E-state index contributed by atoms with van der Waals surface area (Å²) in [5.41, 5.74) is 10.6. The lowest BCUT2D eigenvalue weighted by atomic mass is 9.64. The fraction of sp³-hybridized carbons (Fsp3) is 0.308. The Morgan fingerprint density at radius 3 is 2.72 bits per heavy atom. The number of ether oxygens (including phenoxy) is 1. The van der Waals surface area contributed by atoms with Gasteiger partial charge in [0.15, 0.2) is 0 Å². The molecule has 3 aliphatic rings. The van der Waals surface area contributed by atoms with Crippen LogP contribution in [0.2, 0.25) is 0 Å². The highest BCUT2D eigenvalue weighted by Gasteiger charge is 2.57. The van der Waals surface area contributed by atoms with Gasteiger partial charge in [-0.1, -0.05) is 36.4 Å². The fourth-order valence-corrected chi connectivity index (χ4v) is 5.38. The summed E-state index contributed by atoms with van der Waals surface area (Å²) in [6, 6.07) is 17.8. The normalized spacial score (nSPS) is 21.9. The van der Waals surface area contributed by atoms with Crippen LogP contribution in [0.1, 0.15) is 36.8 Å². The number of carbonyl (C=O) groups is 1. The van der Waals surface area contributed by atoms with Crippen LogP contribution in [0.3, 0.4) is 0 Å². The van der Waals surface area contributed by atoms with Crippen molar-refractivity contribution in [1.29, 1.82) is 5.26 Å². The van der Waals surface area contributed by atoms with Crippen LogP contribution in [-0.2, 0) is 10.2 Å². The van der Waals surface area contributed by atoms with Crippen LogP contribution in [0.4, 0.5) is 5.69 Å². The molecule has 6 heteroatoms. The van der Waals surface area contributed by atoms with Gasteiger partial charge in [-0.3, -0.25) is 4.79 Å². The molecule has 1 amide bonds. The second-order valence-electron chi connectivity index (χ2n) is 8.52. The van der Waals surface area contributed by atoms with Gasteiger partial charge in [-0.05, 0) is 55.9 Å². The average Bonchev–Trinajstić information content (AvgIpc) is 3.10. The molecular formula is C26H26N4O2. The molecule has 0 saturated carbocycles. The molecule has 1 atom stereocenters. The lowest BCUT2D eigenvalue weighted by Gasteiger charge is -2.44. The molecule has 5 rings (SSSR count). The van der Waals surface area contributed by atoms with E-state index in [1.807, 2.05) is 60.4 Å². The van der Waals surface area contributed by atoms with E-state index in [4.69, 9.17) is 10.5 Å². The van der Waals surface area contributed by atoms with Crippen LogP contribution in [0.15, 0.2) is 71.2 Å². The second-order valence-corrected chi connectivity index (χ2v) is 8.52. The number of anilines is 1. The van der Waals surface area contributed by atoms with Gasteiger partial charge in [0.2, 0.25) is 5.91 Å². The minimum absolute atomic E-state index is 0.177. The van der Waals surface area contributed by atoms with Gasteiger partial charge in [0.1, 0.15) is 29.7 Å². The van der Waals surface area contributed by atoms with Gasteiger partial charge in [-0.2, -0.15) is 5.26 Å². The number of benzene rings is 2. The standard InChI is InChI=1S/C26H26N4O2/c1-17-8-2-7-13-23(17)32-15-14-30-22-12-6-4-10-19(22)26(20(16-27)24(30)28)18-9-3-5-11-21(18)29-25(26)31/h2-3,5,7-9,11,13H,4,6,10,12,14-15,28H2,1H3,(H,29,31). The molecule has 2 aliphatic heterocycles. The van der Waals surface area contributed by atoms with E-state index in [0.717, 1.165) is 59.5 Å². The lowest BCUT2D eigenvalue weighted by Crippen LogP contribution is -2.49. The van der Waals surface area contributed by atoms with Gasteiger partial charge in [0.05, 0.1) is 12.1 Å². The van der Waals surface area contributed by atoms with Crippen LogP contribution in [-0.4, -0.2) is 24.0 Å². The van der Waals surface area contributed by atoms with Crippen molar-refractivity contribution in [3.8, 4) is 11.8 Å². The largest absolute Gasteiger partial charge is 0.491 e. The maximum atomic E-state index is 13.5. The van der Waals surface area contributed by atoms with Crippen molar-refractivity contribution in [3.05, 3.63) is 82.3 Å². The van der Waals surface area contributed by atoms with Gasteiger partial charge < -0.3 is 20.7 Å². The SMILES string of the molecule is Cc1ccccc1OCCN1C(N)=C(C#N)C2(C(=O)Nc3ccccc32)C2=C1CCCC2. The maximum Gasteiger partial charge on any atom is 0.244 e. The Bertz CT molecular complexity index is 1210. The molecule has 1 aliphatic carbocycles. The number of nitrogens with zero attached hydrogens (tertiary/aromatic N) is 2. The van der Waals surface area contributed by atoms with Crippen molar-refractivity contribution in [2.75, 3.05) is 18.5 Å². The highest BCUT2D eigenvalue weighted by molar-refractivity contribution is 6.12. The summed E-state index contributed by atoms with van der Waals surface area (Å²) in [6.07, 6.45) is 3.62. The number of nitrogens with two attached hydrogens (primary N) is 1. The number of fused-ring (bicyclic) bond motifs is 3. The average molecular weight is 427 g/mol. The summed E-state index contributed by atoms with van der Waals surface area (Å²) in [5, 5.41) is 13.2. The predicted octanol–water partition coefficient (Wildman–Crippen LogP) is 4.10. The zero-order valence-corrected chi connectivity index (χ0v) is 18.1. The van der Waals surface area contributed by atoms with Crippen molar-refractivity contribution < 1.29 is 9.53 Å². The van der Waals surface area contributed by atoms with Crippen LogP contribution < -0.4 is 15.8 Å². The zero-order valence-electron chi connectivity index (χ0n) is 18.1. The third-order valence-electron chi connectivity index (χ3n) is 6.84. The van der Waals surface area contributed by atoms with Crippen molar-refractivity contribution >= 4 is 11.6 Å². The first-order chi connectivity index (χ1) is 15.6. The molecule has 2 aromatic carbocycles. The minimum atomic E-state index is -1.13. The topological polar surface area (TPSA) is 91.4 Å². The molecule has 0 radical (unpaired) electrons. The van der Waals surface area contributed by atoms with Crippen LogP contribution in [0.25, 0.3) is 0 Å². The summed E-state index contributed by atoms with van der Waals surface area (Å²) >= 11 is 0. The number of nitriles is 1. The van der Waals surface area contributed by atoms with E-state index in [9.17, 15) is 10.1 Å². The smallest absolute Gasteiger partial charge is 0.244 e. The molecule has 0 fully saturated rings. The molecule has 0 saturated heterocycles. The van der Waals surface area contributed by atoms with Gasteiger partial charge in [0.25, 0.3) is 0 Å². The van der Waals surface area contributed by atoms with Crippen LogP contribution in [0.5, 0.6) is 5.75 Å². The van der Waals surface area contributed by atoms with E-state index >= 15 is 0 Å². The summed E-state index contributed by atoms with van der Waals surface area (Å²) in [5.74, 6) is 1.02. The Morgan fingerprint density at radius 2 is 1.91 bits per heavy atom. The van der Waals surface area contributed by atoms with Gasteiger partial charge in [0, 0.05) is 16.9 Å². The Morgan fingerprint density at radius 1 is 1.16 bits per heavy atom. The van der Waals surface area contributed by atoms with E-state index in [0.29, 0.717) is 24.5 Å². The van der Waals surface area contributed by atoms with Crippen molar-refractivity contribution in [1.82, 2.24) is 4.90 Å². The number of amides is 1. The number of aryl methyl sites for hydroxylation is 1. The Hall–Kier alpha value is -3.72. The summed E-state index contributed by atoms with van der Waals surface area (Å²) in [6.45, 7) is 2.96. The van der Waals surface area contributed by atoms with Gasteiger partial charge in [-0.25, -0.2) is 0 Å². The lowest BCUT2D eigenvalue weighted by molar-refractivity contribution is -0.118. The Labute approximate surface area is 188 Å². The van der Waals surface area contributed by atoms with Crippen LogP contribution >= 0.6 is 0 Å². The van der Waals surface area contributed by atoms with Gasteiger partial charge >= 0.3 is 0 Å². The fourth-order valence-electron chi connectivity index (χ4n) is 5.38. The Balaban J connectivity index is 1.56. The number of nitrogens with one attached hydrogen (secondary N) is 1. The number of rotatable bonds is 4. The molecule has 6 nitrogen and oxygen atoms in total. The van der Waals surface area contributed by atoms with E-state index < -0.39 is 5.41 Å². The molecule has 0 bridgehead atoms. The van der Waals surface area contributed by atoms with E-state index in [1.54, 1.807) is 0 Å². The zero-order chi connectivity index (χ0) is 22.3. The number of para-hydroxylation sites is 2. The molecule has 1 spiro atoms. The second kappa shape index (κ2) is 7.76. The van der Waals surface area contributed by atoms with E-state index in [1.165, 1.54) is 0 Å². The molecule has 2 heterocycles. The highest BCUT2D eigenvalue weighted by Crippen LogP contribution is 2.55. The summed E-state index contributed by atoms with van der Waals surface area (Å²) in [4.78, 5) is 15.5. The monoisotopic (exact) mass is 426 g/mol. The molecule has 162 valence electrons. The Kier molecular flexibility index (Phi) is 4.90. The first-order valence-corrected chi connectivity index (χ1v) is 11.1. The first kappa shape index (κ1) is 20.2. The van der Waals surface area contributed by atoms with Gasteiger partial charge in [-0.15, -0.1) is 0 Å². The predicted molar refractivity (Wildman–Crippen MR) is 122 cm³/mol. The third-order valence-corrected chi connectivity index (χ3v) is 6.84. The molecule has 1 unspecified atom stereocenters. The minimum Gasteiger partial charge on any atom is -0.491 e. The van der Waals surface area contributed by atoms with E-state index in [-0.39, 0.29) is 5.91 Å². The molecule has 3 N–H and O–H groups in total. The molecule has 2 aromatic rings. The number of carbonyl (C=O) groups excluding carboxylic acids is 1. The number of hydrogen-bond acceptors (Lipinski definition) is 5. The van der Waals surface area contributed by atoms with Crippen LogP contribution in [0, 0.1) is 18.3 Å². The summed E-state index contributed by atoms with van der Waals surface area (Å²) < 4.78 is 6.03. The summed E-state index contributed by atoms with van der Waals surface area (Å²) in [7, 11) is 0. The number of allylic oxidation sites excluding steroid dienone is 1. The van der Waals surface area contributed by atoms with Crippen molar-refractivity contribution in [2.24, 2.45) is 5.73 Å². The van der Waals surface area contributed by atoms with E-state index in [2.05, 4.69) is 11.4 Å². The first-order valence-electron chi connectivity index (χ1n) is 11.1. The molecular weight excluding hydrogens is 400 g/mol. The molecule has 0 aromatic heterocycles. The highest BCUT2D eigenvalue weighted by atomic mass is 16.5. The third kappa shape index (κ3) is 2.81.